The predicted molar refractivity (Wildman–Crippen MR) is 142 cm³/mol. The average molecular weight is 520 g/mol. The van der Waals surface area contributed by atoms with Crippen LogP contribution in [0.4, 0.5) is 0 Å². The molecule has 0 amide bonds. The van der Waals surface area contributed by atoms with Crippen LogP contribution in [0.5, 0.6) is 0 Å². The molecule has 6 atom stereocenters. The lowest BCUT2D eigenvalue weighted by Crippen LogP contribution is -2.75. The van der Waals surface area contributed by atoms with E-state index in [9.17, 15) is 29.7 Å². The van der Waals surface area contributed by atoms with E-state index in [2.05, 4.69) is 10.1 Å². The molecule has 0 saturated carbocycles. The van der Waals surface area contributed by atoms with Crippen molar-refractivity contribution in [2.24, 2.45) is 11.8 Å². The smallest absolute Gasteiger partial charge is 0.316 e. The molecule has 35 heavy (non-hydrogen) atoms. The van der Waals surface area contributed by atoms with Gasteiger partial charge in [-0.3, -0.25) is 9.59 Å². The van der Waals surface area contributed by atoms with Gasteiger partial charge >= 0.3 is 5.97 Å². The zero-order valence-corrected chi connectivity index (χ0v) is 23.7. The van der Waals surface area contributed by atoms with Gasteiger partial charge in [-0.15, -0.1) is 0 Å². The van der Waals surface area contributed by atoms with Crippen LogP contribution >= 0.6 is 11.8 Å². The normalized spacial score (nSPS) is 18.3. The Morgan fingerprint density at radius 1 is 1.14 bits per heavy atom. The number of hydrogen-bond donors (Lipinski definition) is 4. The van der Waals surface area contributed by atoms with Crippen LogP contribution in [0.2, 0.25) is 0 Å². The van der Waals surface area contributed by atoms with E-state index in [1.165, 1.54) is 21.1 Å². The van der Waals surface area contributed by atoms with E-state index in [-0.39, 0.29) is 12.2 Å². The van der Waals surface area contributed by atoms with Crippen LogP contribution in [-0.2, 0) is 19.1 Å². The quantitative estimate of drug-likeness (QED) is 0.0989. The fraction of sp³-hybridized carbons (Fsp3) is 0.808. The number of thioether (sulfide) groups is 1. The van der Waals surface area contributed by atoms with Crippen molar-refractivity contribution < 1.29 is 34.4 Å². The number of hydrogen-bond acceptors (Lipinski definition) is 9. The van der Waals surface area contributed by atoms with Gasteiger partial charge in [0.15, 0.2) is 0 Å². The number of aldehydes is 1. The molecule has 0 aromatic heterocycles. The van der Waals surface area contributed by atoms with Gasteiger partial charge < -0.3 is 30.2 Å². The highest BCUT2D eigenvalue weighted by molar-refractivity contribution is 8.14. The second kappa shape index (κ2) is 18.9. The third kappa shape index (κ3) is 9.96. The molecule has 0 aliphatic heterocycles. The van der Waals surface area contributed by atoms with E-state index in [1.54, 1.807) is 13.0 Å². The lowest BCUT2D eigenvalue weighted by atomic mass is 9.66. The SMILES string of the molecule is CC.CCC/C=C\C(C)[C@@H](O)C(NC)(C(=O)SCC(=O)OC)[C@@](C)(O)C(C=O)C(O)CCCCC. The molecular weight excluding hydrogens is 470 g/mol. The van der Waals surface area contributed by atoms with Crippen LogP contribution < -0.4 is 5.32 Å². The van der Waals surface area contributed by atoms with E-state index < -0.39 is 46.3 Å². The van der Waals surface area contributed by atoms with Crippen molar-refractivity contribution in [3.8, 4) is 0 Å². The summed E-state index contributed by atoms with van der Waals surface area (Å²) in [6, 6.07) is 0. The first kappa shape index (κ1) is 35.9. The van der Waals surface area contributed by atoms with Crippen LogP contribution in [0.25, 0.3) is 0 Å². The van der Waals surface area contributed by atoms with Crippen molar-refractivity contribution in [1.29, 1.82) is 0 Å². The number of rotatable bonds is 17. The van der Waals surface area contributed by atoms with Crippen molar-refractivity contribution in [2.45, 2.75) is 103 Å². The molecule has 4 N–H and O–H groups in total. The first-order valence-electron chi connectivity index (χ1n) is 12.6. The van der Waals surface area contributed by atoms with E-state index in [1.807, 2.05) is 33.8 Å². The number of aliphatic hydroxyl groups excluding tert-OH is 2. The topological polar surface area (TPSA) is 133 Å². The molecule has 0 saturated heterocycles. The molecule has 0 aromatic carbocycles. The van der Waals surface area contributed by atoms with Gasteiger partial charge in [-0.05, 0) is 26.8 Å². The number of ether oxygens (including phenoxy) is 1. The van der Waals surface area contributed by atoms with Crippen molar-refractivity contribution in [3.63, 3.8) is 0 Å². The summed E-state index contributed by atoms with van der Waals surface area (Å²) in [5.74, 6) is -2.91. The molecular formula is C26H49NO7S. The summed E-state index contributed by atoms with van der Waals surface area (Å²) in [5, 5.41) is 35.9. The molecule has 9 heteroatoms. The van der Waals surface area contributed by atoms with Gasteiger partial charge in [0, 0.05) is 5.92 Å². The minimum Gasteiger partial charge on any atom is -0.468 e. The van der Waals surface area contributed by atoms with E-state index in [4.69, 9.17) is 0 Å². The molecule has 4 unspecified atom stereocenters. The van der Waals surface area contributed by atoms with Gasteiger partial charge in [0.1, 0.15) is 17.4 Å². The Morgan fingerprint density at radius 2 is 1.74 bits per heavy atom. The van der Waals surface area contributed by atoms with Gasteiger partial charge in [0.25, 0.3) is 0 Å². The van der Waals surface area contributed by atoms with Crippen LogP contribution in [-0.4, -0.2) is 75.9 Å². The first-order valence-corrected chi connectivity index (χ1v) is 13.6. The Bertz CT molecular complexity index is 641. The summed E-state index contributed by atoms with van der Waals surface area (Å²) in [5.41, 5.74) is -4.24. The average Bonchev–Trinajstić information content (AvgIpc) is 2.84. The largest absolute Gasteiger partial charge is 0.468 e. The fourth-order valence-corrected chi connectivity index (χ4v) is 5.07. The van der Waals surface area contributed by atoms with Gasteiger partial charge in [-0.2, -0.15) is 0 Å². The van der Waals surface area contributed by atoms with Crippen LogP contribution in [0, 0.1) is 11.8 Å². The maximum absolute atomic E-state index is 13.5. The molecule has 0 rings (SSSR count). The van der Waals surface area contributed by atoms with E-state index >= 15 is 0 Å². The van der Waals surface area contributed by atoms with Crippen LogP contribution in [0.1, 0.15) is 80.1 Å². The number of methoxy groups -OCH3 is 1. The minimum absolute atomic E-state index is 0.263. The van der Waals surface area contributed by atoms with Crippen LogP contribution in [0.15, 0.2) is 12.2 Å². The molecule has 0 bridgehead atoms. The maximum Gasteiger partial charge on any atom is 0.316 e. The molecule has 0 aliphatic rings. The number of allylic oxidation sites excluding steroid dienone is 1. The van der Waals surface area contributed by atoms with Gasteiger partial charge in [-0.1, -0.05) is 84.2 Å². The molecule has 8 nitrogen and oxygen atoms in total. The number of unbranched alkanes of at least 4 members (excludes halogenated alkanes) is 3. The Labute approximate surface area is 216 Å². The molecule has 0 spiro atoms. The zero-order valence-electron chi connectivity index (χ0n) is 22.9. The number of nitrogens with one attached hydrogen (secondary N) is 1. The van der Waals surface area contributed by atoms with Crippen molar-refractivity contribution in [1.82, 2.24) is 5.32 Å². The summed E-state index contributed by atoms with van der Waals surface area (Å²) < 4.78 is 4.60. The number of carbonyl (C=O) groups is 3. The summed E-state index contributed by atoms with van der Waals surface area (Å²) in [4.78, 5) is 37.2. The second-order valence-corrected chi connectivity index (χ2v) is 9.55. The molecule has 0 aliphatic carbocycles. The van der Waals surface area contributed by atoms with Gasteiger partial charge in [0.05, 0.1) is 31.0 Å². The summed E-state index contributed by atoms with van der Waals surface area (Å²) in [6.45, 7) is 11.0. The van der Waals surface area contributed by atoms with Crippen molar-refractivity contribution in [2.75, 3.05) is 19.9 Å². The van der Waals surface area contributed by atoms with E-state index in [0.29, 0.717) is 24.5 Å². The molecule has 0 radical (unpaired) electrons. The van der Waals surface area contributed by atoms with Gasteiger partial charge in [0.2, 0.25) is 5.12 Å². The van der Waals surface area contributed by atoms with Crippen LogP contribution in [0.3, 0.4) is 0 Å². The highest BCUT2D eigenvalue weighted by atomic mass is 32.2. The Balaban J connectivity index is 0. The highest BCUT2D eigenvalue weighted by Crippen LogP contribution is 2.40. The lowest BCUT2D eigenvalue weighted by Gasteiger charge is -2.50. The van der Waals surface area contributed by atoms with E-state index in [0.717, 1.165) is 25.7 Å². The Kier molecular flexibility index (Phi) is 19.4. The minimum atomic E-state index is -2.18. The summed E-state index contributed by atoms with van der Waals surface area (Å²) in [7, 11) is 2.60. The number of carbonyl (C=O) groups excluding carboxylic acids is 3. The maximum atomic E-state index is 13.5. The monoisotopic (exact) mass is 519 g/mol. The molecule has 0 fully saturated rings. The third-order valence-corrected chi connectivity index (χ3v) is 7.18. The summed E-state index contributed by atoms with van der Waals surface area (Å²) in [6.07, 6.45) is 5.74. The zero-order chi connectivity index (χ0) is 27.7. The Hall–Kier alpha value is -1.26. The highest BCUT2D eigenvalue weighted by Gasteiger charge is 2.62. The second-order valence-electron chi connectivity index (χ2n) is 8.60. The number of aliphatic hydroxyl groups is 3. The Morgan fingerprint density at radius 3 is 2.20 bits per heavy atom. The molecule has 0 aromatic rings. The van der Waals surface area contributed by atoms with Crippen molar-refractivity contribution >= 4 is 29.1 Å². The standard InChI is InChI=1S/C24H43NO7S.C2H6/c1-7-9-11-13-17(3)21(29)24(25-5,22(30)33-16-20(28)32-6)23(4,31)18(15-26)19(27)14-12-10-8-2;1-2/h11,13,15,17-19,21,25,27,29,31H,7-10,12,14,16H2,1-6H3;1-2H3/b13-11-;/t17?,18?,19?,21-,23+,24?;/m1./s1. The lowest BCUT2D eigenvalue weighted by molar-refractivity contribution is -0.167. The summed E-state index contributed by atoms with van der Waals surface area (Å²) >= 11 is 0.585. The number of esters is 1. The van der Waals surface area contributed by atoms with Gasteiger partial charge in [-0.25, -0.2) is 0 Å². The molecule has 0 heterocycles. The number of likely N-dealkylation sites (N-methyl/N-ethyl adjacent to an activating group) is 1. The fourth-order valence-electron chi connectivity index (χ4n) is 4.05. The third-order valence-electron chi connectivity index (χ3n) is 6.21. The van der Waals surface area contributed by atoms with Crippen molar-refractivity contribution in [3.05, 3.63) is 12.2 Å². The first-order chi connectivity index (χ1) is 16.5. The predicted octanol–water partition coefficient (Wildman–Crippen LogP) is 3.26. The molecule has 206 valence electrons.